The molecule has 1 aliphatic heterocycles. The topological polar surface area (TPSA) is 102 Å². The van der Waals surface area contributed by atoms with Crippen molar-refractivity contribution in [1.82, 2.24) is 4.31 Å². The van der Waals surface area contributed by atoms with Gasteiger partial charge in [0.1, 0.15) is 4.88 Å². The van der Waals surface area contributed by atoms with Gasteiger partial charge in [-0.15, -0.1) is 11.3 Å². The normalized spacial score (nSPS) is 16.5. The van der Waals surface area contributed by atoms with Crippen LogP contribution in [-0.4, -0.2) is 57.5 Å². The molecule has 1 aliphatic rings. The quantitative estimate of drug-likeness (QED) is 0.599. The van der Waals surface area contributed by atoms with Crippen LogP contribution in [0.1, 0.15) is 45.4 Å². The number of carbonyl (C=O) groups excluding carboxylic acids is 2. The molecular formula is C21H26N2O6S2. The number of thiophene rings is 1. The number of hydrogen-bond donors (Lipinski definition) is 1. The van der Waals surface area contributed by atoms with Gasteiger partial charge < -0.3 is 14.8 Å². The first kappa shape index (κ1) is 23.4. The molecule has 0 bridgehead atoms. The number of nitrogens with one attached hydrogen (secondary N) is 1. The van der Waals surface area contributed by atoms with E-state index in [1.54, 1.807) is 19.9 Å². The summed E-state index contributed by atoms with van der Waals surface area (Å²) in [5.41, 5.74) is 1.03. The lowest BCUT2D eigenvalue weighted by molar-refractivity contribution is 0.0531. The summed E-state index contributed by atoms with van der Waals surface area (Å²) in [5, 5.41) is 3.25. The van der Waals surface area contributed by atoms with Gasteiger partial charge in [-0.3, -0.25) is 4.79 Å². The Morgan fingerprint density at radius 2 is 2.00 bits per heavy atom. The van der Waals surface area contributed by atoms with E-state index in [0.29, 0.717) is 28.6 Å². The smallest absolute Gasteiger partial charge is 0.348 e. The summed E-state index contributed by atoms with van der Waals surface area (Å²) in [5.74, 6) is -0.819. The van der Waals surface area contributed by atoms with Crippen LogP contribution in [0.3, 0.4) is 0 Å². The van der Waals surface area contributed by atoms with E-state index in [4.69, 9.17) is 9.47 Å². The molecule has 0 saturated carbocycles. The van der Waals surface area contributed by atoms with E-state index in [-0.39, 0.29) is 17.6 Å². The Bertz CT molecular complexity index is 1040. The fraction of sp³-hybridized carbons (Fsp3) is 0.429. The molecule has 1 fully saturated rings. The second kappa shape index (κ2) is 9.90. The number of aryl methyl sites for hydroxylation is 1. The van der Waals surface area contributed by atoms with Gasteiger partial charge in [-0.2, -0.15) is 4.31 Å². The molecular weight excluding hydrogens is 440 g/mol. The minimum atomic E-state index is -3.67. The molecule has 3 rings (SSSR count). The second-order valence-electron chi connectivity index (χ2n) is 7.24. The molecule has 1 aromatic heterocycles. The van der Waals surface area contributed by atoms with Gasteiger partial charge in [-0.05, 0) is 62.6 Å². The van der Waals surface area contributed by atoms with Gasteiger partial charge in [0, 0.05) is 25.8 Å². The summed E-state index contributed by atoms with van der Waals surface area (Å²) >= 11 is 1.14. The lowest BCUT2D eigenvalue weighted by Gasteiger charge is -2.20. The van der Waals surface area contributed by atoms with E-state index in [2.05, 4.69) is 5.32 Å². The first-order valence-corrected chi connectivity index (χ1v) is 12.2. The van der Waals surface area contributed by atoms with E-state index in [1.165, 1.54) is 35.6 Å². The van der Waals surface area contributed by atoms with Gasteiger partial charge >= 0.3 is 5.97 Å². The van der Waals surface area contributed by atoms with Crippen LogP contribution in [-0.2, 0) is 19.5 Å². The molecule has 31 heavy (non-hydrogen) atoms. The van der Waals surface area contributed by atoms with Gasteiger partial charge in [-0.1, -0.05) is 0 Å². The first-order chi connectivity index (χ1) is 14.7. The molecule has 2 aromatic rings. The van der Waals surface area contributed by atoms with E-state index in [9.17, 15) is 18.0 Å². The second-order valence-corrected chi connectivity index (χ2v) is 10.3. The van der Waals surface area contributed by atoms with Gasteiger partial charge in [0.2, 0.25) is 10.0 Å². The highest BCUT2D eigenvalue weighted by Crippen LogP contribution is 2.28. The number of ether oxygens (including phenoxy) is 2. The maximum Gasteiger partial charge on any atom is 0.348 e. The molecule has 1 N–H and O–H groups in total. The van der Waals surface area contributed by atoms with Crippen molar-refractivity contribution in [2.24, 2.45) is 0 Å². The highest BCUT2D eigenvalue weighted by Gasteiger charge is 2.26. The average molecular weight is 467 g/mol. The number of anilines is 1. The molecule has 8 nitrogen and oxygen atoms in total. The fourth-order valence-corrected chi connectivity index (χ4v) is 5.42. The Morgan fingerprint density at radius 3 is 2.61 bits per heavy atom. The number of amides is 1. The summed E-state index contributed by atoms with van der Waals surface area (Å²) in [6.07, 6.45) is 1.70. The molecule has 1 aromatic carbocycles. The van der Waals surface area contributed by atoms with Crippen LogP contribution in [0, 0.1) is 6.92 Å². The third kappa shape index (κ3) is 5.51. The SMILES string of the molecule is CCOC(=O)c1sc(NC(=O)c2ccc(S(=O)(=O)N(C)CC3CCCO3)cc2)cc1C. The Labute approximate surface area is 186 Å². The fourth-order valence-electron chi connectivity index (χ4n) is 3.26. The number of hydrogen-bond acceptors (Lipinski definition) is 7. The Morgan fingerprint density at radius 1 is 1.29 bits per heavy atom. The van der Waals surface area contributed by atoms with Crippen molar-refractivity contribution in [2.75, 3.05) is 32.1 Å². The molecule has 168 valence electrons. The Hall–Kier alpha value is -2.27. The molecule has 2 heterocycles. The van der Waals surface area contributed by atoms with Gasteiger partial charge in [0.15, 0.2) is 0 Å². The van der Waals surface area contributed by atoms with Crippen LogP contribution in [0.25, 0.3) is 0 Å². The van der Waals surface area contributed by atoms with Crippen molar-refractivity contribution >= 4 is 38.2 Å². The predicted molar refractivity (Wildman–Crippen MR) is 118 cm³/mol. The lowest BCUT2D eigenvalue weighted by Crippen LogP contribution is -2.34. The number of carbonyl (C=O) groups is 2. The summed E-state index contributed by atoms with van der Waals surface area (Å²) < 4.78 is 37.4. The molecule has 0 aliphatic carbocycles. The van der Waals surface area contributed by atoms with Crippen LogP contribution in [0.4, 0.5) is 5.00 Å². The number of likely N-dealkylation sites (N-methyl/N-ethyl adjacent to an activating group) is 1. The summed E-state index contributed by atoms with van der Waals surface area (Å²) in [7, 11) is -2.15. The lowest BCUT2D eigenvalue weighted by atomic mass is 10.2. The number of benzene rings is 1. The van der Waals surface area contributed by atoms with Crippen LogP contribution in [0.15, 0.2) is 35.2 Å². The first-order valence-electron chi connectivity index (χ1n) is 9.99. The zero-order valence-corrected chi connectivity index (χ0v) is 19.3. The van der Waals surface area contributed by atoms with Crippen LogP contribution in [0.2, 0.25) is 0 Å². The number of esters is 1. The molecule has 1 unspecified atom stereocenters. The van der Waals surface area contributed by atoms with Crippen molar-refractivity contribution < 1.29 is 27.5 Å². The molecule has 0 spiro atoms. The molecule has 0 radical (unpaired) electrons. The van der Waals surface area contributed by atoms with E-state index in [1.807, 2.05) is 0 Å². The Kier molecular flexibility index (Phi) is 7.47. The van der Waals surface area contributed by atoms with Crippen molar-refractivity contribution in [1.29, 1.82) is 0 Å². The van der Waals surface area contributed by atoms with Crippen molar-refractivity contribution in [3.8, 4) is 0 Å². The van der Waals surface area contributed by atoms with Gasteiger partial charge in [-0.25, -0.2) is 13.2 Å². The zero-order chi connectivity index (χ0) is 22.6. The van der Waals surface area contributed by atoms with Crippen molar-refractivity contribution in [3.05, 3.63) is 46.3 Å². The molecule has 1 atom stereocenters. The van der Waals surface area contributed by atoms with Crippen LogP contribution in [0.5, 0.6) is 0 Å². The van der Waals surface area contributed by atoms with Crippen molar-refractivity contribution in [2.45, 2.75) is 37.7 Å². The maximum absolute atomic E-state index is 12.8. The van der Waals surface area contributed by atoms with E-state index in [0.717, 1.165) is 29.7 Å². The van der Waals surface area contributed by atoms with Crippen molar-refractivity contribution in [3.63, 3.8) is 0 Å². The number of sulfonamides is 1. The number of rotatable bonds is 8. The van der Waals surface area contributed by atoms with Crippen LogP contribution < -0.4 is 5.32 Å². The maximum atomic E-state index is 12.8. The standard InChI is InChI=1S/C21H26N2O6S2/c1-4-28-21(25)19-14(2)12-18(30-19)22-20(24)15-7-9-17(10-8-15)31(26,27)23(3)13-16-6-5-11-29-16/h7-10,12,16H,4-6,11,13H2,1-3H3,(H,22,24). The predicted octanol–water partition coefficient (Wildman–Crippen LogP) is 3.29. The van der Waals surface area contributed by atoms with E-state index < -0.39 is 21.9 Å². The average Bonchev–Trinajstić information content (AvgIpc) is 3.37. The summed E-state index contributed by atoms with van der Waals surface area (Å²) in [4.78, 5) is 25.0. The largest absolute Gasteiger partial charge is 0.462 e. The third-order valence-electron chi connectivity index (χ3n) is 4.92. The molecule has 1 saturated heterocycles. The highest BCUT2D eigenvalue weighted by atomic mass is 32.2. The minimum Gasteiger partial charge on any atom is -0.462 e. The summed E-state index contributed by atoms with van der Waals surface area (Å²) in [6, 6.07) is 7.47. The zero-order valence-electron chi connectivity index (χ0n) is 17.7. The minimum absolute atomic E-state index is 0.0847. The Balaban J connectivity index is 1.67. The highest BCUT2D eigenvalue weighted by molar-refractivity contribution is 7.89. The number of nitrogens with zero attached hydrogens (tertiary/aromatic N) is 1. The van der Waals surface area contributed by atoms with Crippen LogP contribution >= 0.6 is 11.3 Å². The van der Waals surface area contributed by atoms with Gasteiger partial charge in [0.05, 0.1) is 22.6 Å². The van der Waals surface area contributed by atoms with Gasteiger partial charge in [0.25, 0.3) is 5.91 Å². The summed E-state index contributed by atoms with van der Waals surface area (Å²) in [6.45, 7) is 4.73. The third-order valence-corrected chi connectivity index (χ3v) is 7.89. The molecule has 10 heteroatoms. The molecule has 1 amide bonds. The van der Waals surface area contributed by atoms with E-state index >= 15 is 0 Å². The monoisotopic (exact) mass is 466 g/mol.